The average molecular weight is 301 g/mol. The van der Waals surface area contributed by atoms with Crippen LogP contribution in [0.5, 0.6) is 0 Å². The molecule has 0 aromatic heterocycles. The molecule has 0 unspecified atom stereocenters. The van der Waals surface area contributed by atoms with Crippen LogP contribution in [0.2, 0.25) is 0 Å². The van der Waals surface area contributed by atoms with Gasteiger partial charge in [-0.2, -0.15) is 0 Å². The maximum absolute atomic E-state index is 11.9. The van der Waals surface area contributed by atoms with E-state index in [-0.39, 0.29) is 12.0 Å². The smallest absolute Gasteiger partial charge is 0.470 e. The molecule has 0 fully saturated rings. The topological polar surface area (TPSA) is 124 Å². The molecule has 9 heteroatoms. The van der Waals surface area contributed by atoms with Gasteiger partial charge in [-0.05, 0) is 24.1 Å². The lowest BCUT2D eigenvalue weighted by Crippen LogP contribution is -2.46. The standard InChI is InChI=1S/C11H16BNO6S/c1-2-10(12(16)17)13-20(18,19)7-8-4-3-5-9(6-8)11(14)15/h3-6,10,13,16-17H,2,7H2,1H3,(H,14,15)/t10-/m1/s1. The zero-order valence-corrected chi connectivity index (χ0v) is 11.7. The molecule has 0 aliphatic rings. The van der Waals surface area contributed by atoms with E-state index in [0.717, 1.165) is 0 Å². The Hall–Kier alpha value is -1.42. The van der Waals surface area contributed by atoms with E-state index in [0.29, 0.717) is 5.56 Å². The SMILES string of the molecule is CC[C@@H](NS(=O)(=O)Cc1cccc(C(=O)O)c1)B(O)O. The highest BCUT2D eigenvalue weighted by molar-refractivity contribution is 7.88. The quantitative estimate of drug-likeness (QED) is 0.508. The number of carboxylic acid groups (broad SMARTS) is 1. The lowest BCUT2D eigenvalue weighted by atomic mass is 9.79. The van der Waals surface area contributed by atoms with Crippen molar-refractivity contribution in [2.24, 2.45) is 0 Å². The van der Waals surface area contributed by atoms with Crippen molar-refractivity contribution in [1.82, 2.24) is 4.72 Å². The maximum Gasteiger partial charge on any atom is 0.470 e. The van der Waals surface area contributed by atoms with Gasteiger partial charge in [-0.1, -0.05) is 19.1 Å². The van der Waals surface area contributed by atoms with E-state index in [4.69, 9.17) is 15.2 Å². The summed E-state index contributed by atoms with van der Waals surface area (Å²) in [7, 11) is -5.59. The fourth-order valence-electron chi connectivity index (χ4n) is 1.64. The zero-order valence-electron chi connectivity index (χ0n) is 10.9. The van der Waals surface area contributed by atoms with Gasteiger partial charge in [-0.3, -0.25) is 0 Å². The molecule has 20 heavy (non-hydrogen) atoms. The predicted octanol–water partition coefficient (Wildman–Crippen LogP) is -0.405. The minimum atomic E-state index is -3.80. The zero-order chi connectivity index (χ0) is 15.3. The number of sulfonamides is 1. The molecule has 7 nitrogen and oxygen atoms in total. The average Bonchev–Trinajstić information content (AvgIpc) is 2.35. The van der Waals surface area contributed by atoms with Crippen LogP contribution < -0.4 is 4.72 Å². The van der Waals surface area contributed by atoms with Crippen molar-refractivity contribution in [3.8, 4) is 0 Å². The van der Waals surface area contributed by atoms with Crippen LogP contribution in [0.25, 0.3) is 0 Å². The van der Waals surface area contributed by atoms with Crippen molar-refractivity contribution < 1.29 is 28.4 Å². The van der Waals surface area contributed by atoms with Crippen LogP contribution >= 0.6 is 0 Å². The third kappa shape index (κ3) is 4.93. The first kappa shape index (κ1) is 16.6. The van der Waals surface area contributed by atoms with Crippen molar-refractivity contribution in [2.45, 2.75) is 25.0 Å². The summed E-state index contributed by atoms with van der Waals surface area (Å²) in [5, 5.41) is 26.9. The highest BCUT2D eigenvalue weighted by atomic mass is 32.2. The molecule has 1 aromatic carbocycles. The van der Waals surface area contributed by atoms with Gasteiger partial charge in [0.15, 0.2) is 0 Å². The molecule has 110 valence electrons. The Bertz CT molecular complexity index is 574. The van der Waals surface area contributed by atoms with E-state index in [1.54, 1.807) is 6.92 Å². The summed E-state index contributed by atoms with van der Waals surface area (Å²) >= 11 is 0. The van der Waals surface area contributed by atoms with Gasteiger partial charge < -0.3 is 15.2 Å². The van der Waals surface area contributed by atoms with E-state index >= 15 is 0 Å². The van der Waals surface area contributed by atoms with Gasteiger partial charge >= 0.3 is 13.1 Å². The Labute approximate surface area is 117 Å². The van der Waals surface area contributed by atoms with Gasteiger partial charge in [0.1, 0.15) is 0 Å². The molecule has 0 heterocycles. The number of carbonyl (C=O) groups is 1. The van der Waals surface area contributed by atoms with Gasteiger partial charge in [0.2, 0.25) is 10.0 Å². The molecule has 1 aromatic rings. The summed E-state index contributed by atoms with van der Waals surface area (Å²) in [5.41, 5.74) is 0.298. The Morgan fingerprint density at radius 2 is 2.05 bits per heavy atom. The summed E-state index contributed by atoms with van der Waals surface area (Å²) in [4.78, 5) is 10.8. The molecule has 0 bridgehead atoms. The fraction of sp³-hybridized carbons (Fsp3) is 0.364. The first-order valence-electron chi connectivity index (χ1n) is 5.93. The van der Waals surface area contributed by atoms with Crippen molar-refractivity contribution in [1.29, 1.82) is 0 Å². The molecule has 0 amide bonds. The minimum absolute atomic E-state index is 0.00747. The highest BCUT2D eigenvalue weighted by Gasteiger charge is 2.26. The monoisotopic (exact) mass is 301 g/mol. The Kier molecular flexibility index (Phi) is 5.69. The van der Waals surface area contributed by atoms with E-state index in [9.17, 15) is 13.2 Å². The number of hydrogen-bond acceptors (Lipinski definition) is 5. The van der Waals surface area contributed by atoms with Crippen LogP contribution in [0.3, 0.4) is 0 Å². The second-order valence-electron chi connectivity index (χ2n) is 4.31. The molecule has 4 N–H and O–H groups in total. The lowest BCUT2D eigenvalue weighted by Gasteiger charge is -2.15. The normalized spacial score (nSPS) is 12.9. The Balaban J connectivity index is 2.86. The maximum atomic E-state index is 11.9. The van der Waals surface area contributed by atoms with Crippen molar-refractivity contribution >= 4 is 23.1 Å². The molecule has 1 atom stereocenters. The molecule has 0 saturated carbocycles. The van der Waals surface area contributed by atoms with E-state index in [1.807, 2.05) is 0 Å². The van der Waals surface area contributed by atoms with Gasteiger partial charge in [0, 0.05) is 0 Å². The summed E-state index contributed by atoms with van der Waals surface area (Å²) in [6, 6.07) is 5.56. The van der Waals surface area contributed by atoms with Crippen LogP contribution in [0.4, 0.5) is 0 Å². The number of nitrogens with one attached hydrogen (secondary N) is 1. The van der Waals surface area contributed by atoms with E-state index in [1.165, 1.54) is 24.3 Å². The largest absolute Gasteiger partial charge is 0.478 e. The van der Waals surface area contributed by atoms with Crippen molar-refractivity contribution in [3.63, 3.8) is 0 Å². The fourth-order valence-corrected chi connectivity index (χ4v) is 3.09. The third-order valence-corrected chi connectivity index (χ3v) is 4.04. The second-order valence-corrected chi connectivity index (χ2v) is 6.06. The molecule has 1 rings (SSSR count). The summed E-state index contributed by atoms with van der Waals surface area (Å²) in [6.45, 7) is 1.61. The van der Waals surface area contributed by atoms with Crippen LogP contribution in [0.1, 0.15) is 29.3 Å². The first-order chi connectivity index (χ1) is 9.25. The van der Waals surface area contributed by atoms with Gasteiger partial charge in [0.25, 0.3) is 0 Å². The van der Waals surface area contributed by atoms with Crippen LogP contribution in [0, 0.1) is 0 Å². The Morgan fingerprint density at radius 3 is 2.55 bits per heavy atom. The molecular formula is C11H16BNO6S. The minimum Gasteiger partial charge on any atom is -0.478 e. The third-order valence-electron chi connectivity index (χ3n) is 2.66. The molecule has 0 aliphatic carbocycles. The molecular weight excluding hydrogens is 285 g/mol. The van der Waals surface area contributed by atoms with Crippen molar-refractivity contribution in [2.75, 3.05) is 0 Å². The summed E-state index contributed by atoms with van der Waals surface area (Å²) < 4.78 is 25.9. The van der Waals surface area contributed by atoms with Gasteiger partial charge in [0.05, 0.1) is 17.3 Å². The first-order valence-corrected chi connectivity index (χ1v) is 7.58. The van der Waals surface area contributed by atoms with E-state index in [2.05, 4.69) is 4.72 Å². The molecule has 0 aliphatic heterocycles. The number of rotatable bonds is 7. The number of benzene rings is 1. The lowest BCUT2D eigenvalue weighted by molar-refractivity contribution is 0.0696. The van der Waals surface area contributed by atoms with Crippen LogP contribution in [0.15, 0.2) is 24.3 Å². The number of carboxylic acids is 1. The summed E-state index contributed by atoms with van der Waals surface area (Å²) in [6.07, 6.45) is 0.214. The Morgan fingerprint density at radius 1 is 1.40 bits per heavy atom. The van der Waals surface area contributed by atoms with Crippen LogP contribution in [-0.2, 0) is 15.8 Å². The van der Waals surface area contributed by atoms with Crippen LogP contribution in [-0.4, -0.2) is 42.6 Å². The van der Waals surface area contributed by atoms with Gasteiger partial charge in [-0.25, -0.2) is 17.9 Å². The summed E-state index contributed by atoms with van der Waals surface area (Å²) in [5.74, 6) is -2.57. The van der Waals surface area contributed by atoms with Crippen molar-refractivity contribution in [3.05, 3.63) is 35.4 Å². The second kappa shape index (κ2) is 6.84. The van der Waals surface area contributed by atoms with E-state index < -0.39 is 34.8 Å². The highest BCUT2D eigenvalue weighted by Crippen LogP contribution is 2.10. The number of aromatic carboxylic acids is 1. The van der Waals surface area contributed by atoms with Gasteiger partial charge in [-0.15, -0.1) is 0 Å². The molecule has 0 radical (unpaired) electrons. The molecule has 0 saturated heterocycles. The number of hydrogen-bond donors (Lipinski definition) is 4. The predicted molar refractivity (Wildman–Crippen MR) is 73.4 cm³/mol. The molecule has 0 spiro atoms.